The number of hydrogen-bond donors (Lipinski definition) is 2. The first kappa shape index (κ1) is 14.5. The van der Waals surface area contributed by atoms with E-state index in [1.54, 1.807) is 13.1 Å². The van der Waals surface area contributed by atoms with E-state index in [0.717, 1.165) is 13.0 Å². The first-order valence-electron chi connectivity index (χ1n) is 5.65. The Balaban J connectivity index is 2.75. The van der Waals surface area contributed by atoms with Crippen LogP contribution in [0.2, 0.25) is 5.02 Å². The highest BCUT2D eigenvalue weighted by Gasteiger charge is 2.14. The van der Waals surface area contributed by atoms with Crippen LogP contribution in [0.25, 0.3) is 0 Å². The molecule has 1 aromatic heterocycles. The van der Waals surface area contributed by atoms with Crippen LogP contribution in [-0.2, 0) is 0 Å². The molecule has 96 valence electrons. The molecule has 0 fully saturated rings. The number of thioether (sulfide) groups is 1. The van der Waals surface area contributed by atoms with E-state index in [1.807, 2.05) is 6.92 Å². The molecule has 0 aliphatic heterocycles. The Labute approximate surface area is 111 Å². The molecule has 1 aromatic rings. The smallest absolute Gasteiger partial charge is 0.223 e. The lowest BCUT2D eigenvalue weighted by molar-refractivity contribution is 0.196. The first-order chi connectivity index (χ1) is 8.04. The van der Waals surface area contributed by atoms with Gasteiger partial charge in [0.2, 0.25) is 5.95 Å². The summed E-state index contributed by atoms with van der Waals surface area (Å²) in [6.07, 6.45) is 2.19. The molecule has 17 heavy (non-hydrogen) atoms. The Morgan fingerprint density at radius 2 is 2.24 bits per heavy atom. The molecule has 0 bridgehead atoms. The Morgan fingerprint density at radius 3 is 2.82 bits per heavy atom. The summed E-state index contributed by atoms with van der Waals surface area (Å²) >= 11 is 7.48. The molecule has 2 N–H and O–H groups in total. The summed E-state index contributed by atoms with van der Waals surface area (Å²) in [5, 5.41) is 13.8. The SMILES string of the molecule is CCCNc1ncc(Cl)c(SC(C)C(C)O)n1. The maximum absolute atomic E-state index is 9.46. The van der Waals surface area contributed by atoms with Crippen molar-refractivity contribution in [3.63, 3.8) is 0 Å². The quantitative estimate of drug-likeness (QED) is 0.618. The fourth-order valence-electron chi connectivity index (χ4n) is 1.03. The van der Waals surface area contributed by atoms with E-state index in [4.69, 9.17) is 11.6 Å². The van der Waals surface area contributed by atoms with Crippen LogP contribution in [-0.4, -0.2) is 33.0 Å². The van der Waals surface area contributed by atoms with Crippen LogP contribution in [0.3, 0.4) is 0 Å². The molecule has 6 heteroatoms. The van der Waals surface area contributed by atoms with Gasteiger partial charge < -0.3 is 10.4 Å². The van der Waals surface area contributed by atoms with E-state index < -0.39 is 6.10 Å². The summed E-state index contributed by atoms with van der Waals surface area (Å²) in [5.74, 6) is 0.580. The van der Waals surface area contributed by atoms with Gasteiger partial charge in [-0.15, -0.1) is 0 Å². The molecule has 1 rings (SSSR count). The fraction of sp³-hybridized carbons (Fsp3) is 0.636. The third kappa shape index (κ3) is 4.69. The topological polar surface area (TPSA) is 58.0 Å². The van der Waals surface area contributed by atoms with Gasteiger partial charge in [0.05, 0.1) is 17.3 Å². The molecule has 0 saturated carbocycles. The largest absolute Gasteiger partial charge is 0.392 e. The van der Waals surface area contributed by atoms with Crippen LogP contribution in [0.4, 0.5) is 5.95 Å². The molecule has 0 aromatic carbocycles. The lowest BCUT2D eigenvalue weighted by atomic mass is 10.3. The summed E-state index contributed by atoms with van der Waals surface area (Å²) in [6, 6.07) is 0. The van der Waals surface area contributed by atoms with Gasteiger partial charge in [-0.05, 0) is 13.3 Å². The average molecular weight is 276 g/mol. The molecule has 1 heterocycles. The highest BCUT2D eigenvalue weighted by Crippen LogP contribution is 2.29. The number of aliphatic hydroxyl groups is 1. The molecule has 0 aliphatic rings. The second-order valence-electron chi connectivity index (χ2n) is 3.84. The van der Waals surface area contributed by atoms with Crippen molar-refractivity contribution in [1.29, 1.82) is 0 Å². The zero-order valence-corrected chi connectivity index (χ0v) is 11.8. The van der Waals surface area contributed by atoms with Crippen molar-refractivity contribution in [3.05, 3.63) is 11.2 Å². The summed E-state index contributed by atoms with van der Waals surface area (Å²) in [5.41, 5.74) is 0. The average Bonchev–Trinajstić information content (AvgIpc) is 2.29. The predicted octanol–water partition coefficient (Wildman–Crippen LogP) is 2.81. The monoisotopic (exact) mass is 275 g/mol. The minimum absolute atomic E-state index is 0.0430. The molecule has 0 radical (unpaired) electrons. The van der Waals surface area contributed by atoms with Gasteiger partial charge in [0.25, 0.3) is 0 Å². The van der Waals surface area contributed by atoms with Gasteiger partial charge >= 0.3 is 0 Å². The van der Waals surface area contributed by atoms with Crippen LogP contribution >= 0.6 is 23.4 Å². The highest BCUT2D eigenvalue weighted by atomic mass is 35.5. The zero-order chi connectivity index (χ0) is 12.8. The van der Waals surface area contributed by atoms with Gasteiger partial charge in [-0.1, -0.05) is 37.2 Å². The molecule has 2 unspecified atom stereocenters. The molecular weight excluding hydrogens is 258 g/mol. The number of hydrogen-bond acceptors (Lipinski definition) is 5. The second kappa shape index (κ2) is 7.03. The number of anilines is 1. The van der Waals surface area contributed by atoms with Gasteiger partial charge in [0.15, 0.2) is 0 Å². The minimum Gasteiger partial charge on any atom is -0.392 e. The Hall–Kier alpha value is -0.520. The van der Waals surface area contributed by atoms with Gasteiger partial charge in [0.1, 0.15) is 5.03 Å². The number of rotatable bonds is 6. The first-order valence-corrected chi connectivity index (χ1v) is 6.91. The Kier molecular flexibility index (Phi) is 6.02. The highest BCUT2D eigenvalue weighted by molar-refractivity contribution is 8.00. The minimum atomic E-state index is -0.405. The predicted molar refractivity (Wildman–Crippen MR) is 72.8 cm³/mol. The molecule has 0 aliphatic carbocycles. The van der Waals surface area contributed by atoms with Crippen LogP contribution in [0, 0.1) is 0 Å². The van der Waals surface area contributed by atoms with E-state index in [1.165, 1.54) is 11.8 Å². The molecule has 0 amide bonds. The van der Waals surface area contributed by atoms with Gasteiger partial charge in [-0.25, -0.2) is 9.97 Å². The van der Waals surface area contributed by atoms with E-state index in [9.17, 15) is 5.11 Å². The number of nitrogens with zero attached hydrogens (tertiary/aromatic N) is 2. The van der Waals surface area contributed by atoms with Crippen molar-refractivity contribution in [3.8, 4) is 0 Å². The van der Waals surface area contributed by atoms with E-state index in [0.29, 0.717) is 16.0 Å². The van der Waals surface area contributed by atoms with E-state index in [2.05, 4.69) is 22.2 Å². The number of halogens is 1. The maximum atomic E-state index is 9.46. The molecule has 0 spiro atoms. The maximum Gasteiger partial charge on any atom is 0.223 e. The van der Waals surface area contributed by atoms with Crippen LogP contribution in [0.5, 0.6) is 0 Å². The number of aromatic nitrogens is 2. The Bertz CT molecular complexity index is 363. The third-order valence-electron chi connectivity index (χ3n) is 2.22. The van der Waals surface area contributed by atoms with Gasteiger partial charge in [-0.2, -0.15) is 0 Å². The molecule has 2 atom stereocenters. The van der Waals surface area contributed by atoms with Crippen LogP contribution < -0.4 is 5.32 Å². The van der Waals surface area contributed by atoms with Crippen LogP contribution in [0.1, 0.15) is 27.2 Å². The van der Waals surface area contributed by atoms with Crippen LogP contribution in [0.15, 0.2) is 11.2 Å². The van der Waals surface area contributed by atoms with Crippen molar-refractivity contribution in [1.82, 2.24) is 9.97 Å². The van der Waals surface area contributed by atoms with E-state index >= 15 is 0 Å². The van der Waals surface area contributed by atoms with Gasteiger partial charge in [0, 0.05) is 11.8 Å². The fourth-order valence-corrected chi connectivity index (χ4v) is 2.11. The lowest BCUT2D eigenvalue weighted by Crippen LogP contribution is -2.15. The second-order valence-corrected chi connectivity index (χ2v) is 5.61. The number of aliphatic hydroxyl groups excluding tert-OH is 1. The Morgan fingerprint density at radius 1 is 1.53 bits per heavy atom. The van der Waals surface area contributed by atoms with E-state index in [-0.39, 0.29) is 5.25 Å². The van der Waals surface area contributed by atoms with Crippen molar-refractivity contribution in [2.75, 3.05) is 11.9 Å². The summed E-state index contributed by atoms with van der Waals surface area (Å²) in [7, 11) is 0. The molecular formula is C11H18ClN3OS. The summed E-state index contributed by atoms with van der Waals surface area (Å²) in [4.78, 5) is 8.43. The molecule has 4 nitrogen and oxygen atoms in total. The zero-order valence-electron chi connectivity index (χ0n) is 10.3. The lowest BCUT2D eigenvalue weighted by Gasteiger charge is -2.14. The van der Waals surface area contributed by atoms with Crippen molar-refractivity contribution in [2.45, 2.75) is 43.6 Å². The van der Waals surface area contributed by atoms with Gasteiger partial charge in [-0.3, -0.25) is 0 Å². The third-order valence-corrected chi connectivity index (χ3v) is 3.91. The molecule has 0 saturated heterocycles. The normalized spacial score (nSPS) is 14.4. The van der Waals surface area contributed by atoms with Crippen molar-refractivity contribution >= 4 is 29.3 Å². The summed E-state index contributed by atoms with van der Waals surface area (Å²) < 4.78 is 0. The number of nitrogens with one attached hydrogen (secondary N) is 1. The standard InChI is InChI=1S/C11H18ClN3OS/c1-4-5-13-11-14-6-9(12)10(15-11)17-8(3)7(2)16/h6-8,16H,4-5H2,1-3H3,(H,13,14,15). The summed E-state index contributed by atoms with van der Waals surface area (Å²) in [6.45, 7) is 6.60. The van der Waals surface area contributed by atoms with Crippen molar-refractivity contribution in [2.24, 2.45) is 0 Å². The van der Waals surface area contributed by atoms with Crippen molar-refractivity contribution < 1.29 is 5.11 Å².